The maximum Gasteiger partial charge on any atom is 0.271 e. The Labute approximate surface area is 129 Å². The molecule has 0 radical (unpaired) electrons. The summed E-state index contributed by atoms with van der Waals surface area (Å²) in [5, 5.41) is 4.12. The van der Waals surface area contributed by atoms with Crippen LogP contribution in [0, 0.1) is 0 Å². The fourth-order valence-corrected chi connectivity index (χ4v) is 1.86. The van der Waals surface area contributed by atoms with E-state index in [1.807, 2.05) is 31.2 Å². The molecule has 0 aliphatic rings. The first-order chi connectivity index (χ1) is 10.6. The number of ether oxygens (including phenoxy) is 2. The average molecular weight is 298 g/mol. The Morgan fingerprint density at radius 3 is 2.27 bits per heavy atom. The monoisotopic (exact) mass is 298 g/mol. The molecule has 0 fully saturated rings. The third-order valence-electron chi connectivity index (χ3n) is 3.16. The molecule has 1 N–H and O–H groups in total. The zero-order valence-electron chi connectivity index (χ0n) is 12.8. The van der Waals surface area contributed by atoms with E-state index in [1.165, 1.54) is 0 Å². The number of rotatable bonds is 5. The van der Waals surface area contributed by atoms with E-state index in [-0.39, 0.29) is 5.91 Å². The van der Waals surface area contributed by atoms with Gasteiger partial charge in [0, 0.05) is 5.56 Å². The standard InChI is InChI=1S/C17H18N2O3/c1-12(13-7-9-15(21-2)10-8-13)18-19-17(20)14-5-4-6-16(11-14)22-3/h4-11H,1-3H3,(H,19,20)/b18-12-. The van der Waals surface area contributed by atoms with Crippen molar-refractivity contribution in [3.8, 4) is 11.5 Å². The van der Waals surface area contributed by atoms with E-state index < -0.39 is 0 Å². The summed E-state index contributed by atoms with van der Waals surface area (Å²) in [6, 6.07) is 14.4. The van der Waals surface area contributed by atoms with Gasteiger partial charge in [-0.05, 0) is 55.0 Å². The number of benzene rings is 2. The minimum absolute atomic E-state index is 0.285. The van der Waals surface area contributed by atoms with Crippen LogP contribution in [-0.4, -0.2) is 25.8 Å². The molecule has 0 bridgehead atoms. The molecule has 5 heteroatoms. The predicted octanol–water partition coefficient (Wildman–Crippen LogP) is 2.86. The molecule has 0 aliphatic heterocycles. The Hall–Kier alpha value is -2.82. The van der Waals surface area contributed by atoms with Gasteiger partial charge in [-0.1, -0.05) is 6.07 Å². The molecule has 0 atom stereocenters. The van der Waals surface area contributed by atoms with Gasteiger partial charge in [0.15, 0.2) is 0 Å². The van der Waals surface area contributed by atoms with Crippen molar-refractivity contribution in [1.82, 2.24) is 5.43 Å². The predicted molar refractivity (Wildman–Crippen MR) is 85.7 cm³/mol. The summed E-state index contributed by atoms with van der Waals surface area (Å²) in [6.45, 7) is 1.83. The van der Waals surface area contributed by atoms with Crippen LogP contribution in [-0.2, 0) is 0 Å². The number of nitrogens with one attached hydrogen (secondary N) is 1. The Bertz CT molecular complexity index is 679. The second-order valence-electron chi connectivity index (χ2n) is 4.60. The lowest BCUT2D eigenvalue weighted by atomic mass is 10.1. The minimum Gasteiger partial charge on any atom is -0.497 e. The zero-order valence-corrected chi connectivity index (χ0v) is 12.8. The minimum atomic E-state index is -0.285. The molecule has 0 spiro atoms. The van der Waals surface area contributed by atoms with Crippen molar-refractivity contribution in [1.29, 1.82) is 0 Å². The number of hydrogen-bond acceptors (Lipinski definition) is 4. The van der Waals surface area contributed by atoms with E-state index in [4.69, 9.17) is 9.47 Å². The van der Waals surface area contributed by atoms with E-state index >= 15 is 0 Å². The van der Waals surface area contributed by atoms with E-state index in [0.29, 0.717) is 17.0 Å². The maximum atomic E-state index is 12.1. The first-order valence-electron chi connectivity index (χ1n) is 6.77. The highest BCUT2D eigenvalue weighted by atomic mass is 16.5. The lowest BCUT2D eigenvalue weighted by Crippen LogP contribution is -2.19. The summed E-state index contributed by atoms with van der Waals surface area (Å²) in [5.74, 6) is 1.12. The van der Waals surface area contributed by atoms with Crippen LogP contribution < -0.4 is 14.9 Å². The van der Waals surface area contributed by atoms with E-state index in [9.17, 15) is 4.79 Å². The van der Waals surface area contributed by atoms with Gasteiger partial charge in [0.05, 0.1) is 19.9 Å². The number of amides is 1. The number of hydrazone groups is 1. The van der Waals surface area contributed by atoms with Gasteiger partial charge >= 0.3 is 0 Å². The molecular weight excluding hydrogens is 280 g/mol. The normalized spacial score (nSPS) is 11.0. The second kappa shape index (κ2) is 7.26. The van der Waals surface area contributed by atoms with Crippen molar-refractivity contribution >= 4 is 11.6 Å². The van der Waals surface area contributed by atoms with Crippen LogP contribution in [0.3, 0.4) is 0 Å². The summed E-state index contributed by atoms with van der Waals surface area (Å²) >= 11 is 0. The molecule has 0 aliphatic carbocycles. The molecule has 0 saturated carbocycles. The summed E-state index contributed by atoms with van der Waals surface area (Å²) in [5.41, 5.74) is 4.65. The van der Waals surface area contributed by atoms with E-state index in [0.717, 1.165) is 11.3 Å². The Kier molecular flexibility index (Phi) is 5.14. The van der Waals surface area contributed by atoms with Crippen molar-refractivity contribution in [2.45, 2.75) is 6.92 Å². The smallest absolute Gasteiger partial charge is 0.271 e. The van der Waals surface area contributed by atoms with Crippen LogP contribution in [0.4, 0.5) is 0 Å². The molecule has 0 aromatic heterocycles. The third-order valence-corrected chi connectivity index (χ3v) is 3.16. The Morgan fingerprint density at radius 2 is 1.64 bits per heavy atom. The van der Waals surface area contributed by atoms with Crippen molar-refractivity contribution in [3.05, 3.63) is 59.7 Å². The zero-order chi connectivity index (χ0) is 15.9. The Morgan fingerprint density at radius 1 is 0.955 bits per heavy atom. The van der Waals surface area contributed by atoms with Gasteiger partial charge in [0.2, 0.25) is 0 Å². The van der Waals surface area contributed by atoms with Gasteiger partial charge < -0.3 is 9.47 Å². The largest absolute Gasteiger partial charge is 0.497 e. The highest BCUT2D eigenvalue weighted by Gasteiger charge is 2.06. The number of hydrogen-bond donors (Lipinski definition) is 1. The van der Waals surface area contributed by atoms with Crippen LogP contribution in [0.5, 0.6) is 11.5 Å². The SMILES string of the molecule is COc1ccc(/C(C)=N\NC(=O)c2cccc(OC)c2)cc1. The summed E-state index contributed by atoms with van der Waals surface area (Å²) in [6.07, 6.45) is 0. The molecule has 2 aromatic carbocycles. The van der Waals surface area contributed by atoms with E-state index in [1.54, 1.807) is 38.5 Å². The average Bonchev–Trinajstić information content (AvgIpc) is 2.59. The highest BCUT2D eigenvalue weighted by Crippen LogP contribution is 2.13. The lowest BCUT2D eigenvalue weighted by molar-refractivity contribution is 0.0954. The van der Waals surface area contributed by atoms with Gasteiger partial charge in [-0.2, -0.15) is 5.10 Å². The van der Waals surface area contributed by atoms with Crippen LogP contribution in [0.2, 0.25) is 0 Å². The second-order valence-corrected chi connectivity index (χ2v) is 4.60. The quantitative estimate of drug-likeness (QED) is 0.682. The first kappa shape index (κ1) is 15.6. The number of carbonyl (C=O) groups excluding carboxylic acids is 1. The number of nitrogens with zero attached hydrogens (tertiary/aromatic N) is 1. The van der Waals surface area contributed by atoms with Crippen molar-refractivity contribution in [3.63, 3.8) is 0 Å². The maximum absolute atomic E-state index is 12.1. The third kappa shape index (κ3) is 3.85. The van der Waals surface area contributed by atoms with Crippen LogP contribution in [0.25, 0.3) is 0 Å². The fourth-order valence-electron chi connectivity index (χ4n) is 1.86. The van der Waals surface area contributed by atoms with Crippen molar-refractivity contribution in [2.75, 3.05) is 14.2 Å². The van der Waals surface area contributed by atoms with Crippen LogP contribution in [0.15, 0.2) is 53.6 Å². The lowest BCUT2D eigenvalue weighted by Gasteiger charge is -2.05. The van der Waals surface area contributed by atoms with Crippen LogP contribution in [0.1, 0.15) is 22.8 Å². The molecule has 0 unspecified atom stereocenters. The van der Waals surface area contributed by atoms with Gasteiger partial charge in [0.1, 0.15) is 11.5 Å². The summed E-state index contributed by atoms with van der Waals surface area (Å²) < 4.78 is 10.2. The Balaban J connectivity index is 2.07. The molecule has 1 amide bonds. The van der Waals surface area contributed by atoms with Crippen molar-refractivity contribution in [2.24, 2.45) is 5.10 Å². The van der Waals surface area contributed by atoms with Gasteiger partial charge in [-0.3, -0.25) is 4.79 Å². The van der Waals surface area contributed by atoms with Gasteiger partial charge in [0.25, 0.3) is 5.91 Å². The molecule has 2 aromatic rings. The topological polar surface area (TPSA) is 59.9 Å². The highest BCUT2D eigenvalue weighted by molar-refractivity contribution is 6.01. The van der Waals surface area contributed by atoms with Gasteiger partial charge in [-0.25, -0.2) is 5.43 Å². The molecular formula is C17H18N2O3. The molecule has 0 heterocycles. The molecule has 0 saturated heterocycles. The molecule has 5 nitrogen and oxygen atoms in total. The van der Waals surface area contributed by atoms with Crippen molar-refractivity contribution < 1.29 is 14.3 Å². The molecule has 114 valence electrons. The van der Waals surface area contributed by atoms with E-state index in [2.05, 4.69) is 10.5 Å². The van der Waals surface area contributed by atoms with Gasteiger partial charge in [-0.15, -0.1) is 0 Å². The number of carbonyl (C=O) groups is 1. The first-order valence-corrected chi connectivity index (χ1v) is 6.77. The molecule has 2 rings (SSSR count). The number of methoxy groups -OCH3 is 2. The molecule has 22 heavy (non-hydrogen) atoms. The summed E-state index contributed by atoms with van der Waals surface area (Å²) in [4.78, 5) is 12.1. The fraction of sp³-hybridized carbons (Fsp3) is 0.176. The van der Waals surface area contributed by atoms with Crippen LogP contribution >= 0.6 is 0 Å². The summed E-state index contributed by atoms with van der Waals surface area (Å²) in [7, 11) is 3.17.